The Balaban J connectivity index is 1.69. The van der Waals surface area contributed by atoms with Crippen molar-refractivity contribution in [1.82, 2.24) is 10.6 Å². The van der Waals surface area contributed by atoms with Crippen molar-refractivity contribution in [3.8, 4) is 0 Å². The van der Waals surface area contributed by atoms with E-state index in [1.54, 1.807) is 12.1 Å². The highest BCUT2D eigenvalue weighted by Gasteiger charge is 2.15. The van der Waals surface area contributed by atoms with E-state index in [0.717, 1.165) is 31.6 Å². The zero-order valence-electron chi connectivity index (χ0n) is 12.7. The van der Waals surface area contributed by atoms with E-state index < -0.39 is 0 Å². The first-order chi connectivity index (χ1) is 10.1. The summed E-state index contributed by atoms with van der Waals surface area (Å²) < 4.78 is 13.1. The second-order valence-corrected chi connectivity index (χ2v) is 6.16. The molecule has 0 aliphatic carbocycles. The summed E-state index contributed by atoms with van der Waals surface area (Å²) in [5, 5.41) is 6.38. The molecule has 1 heterocycles. The van der Waals surface area contributed by atoms with Crippen molar-refractivity contribution in [1.29, 1.82) is 0 Å². The van der Waals surface area contributed by atoms with E-state index in [-0.39, 0.29) is 17.6 Å². The maximum Gasteiger partial charge on any atom is 0.220 e. The first-order valence-electron chi connectivity index (χ1n) is 7.85. The lowest BCUT2D eigenvalue weighted by Gasteiger charge is -2.23. The van der Waals surface area contributed by atoms with Crippen LogP contribution in [0.3, 0.4) is 0 Å². The molecule has 0 saturated carbocycles. The van der Waals surface area contributed by atoms with E-state index in [1.165, 1.54) is 18.9 Å². The number of rotatable bonds is 6. The Morgan fingerprint density at radius 1 is 1.52 bits per heavy atom. The van der Waals surface area contributed by atoms with Gasteiger partial charge in [-0.2, -0.15) is 0 Å². The first-order valence-corrected chi connectivity index (χ1v) is 7.85. The van der Waals surface area contributed by atoms with Crippen molar-refractivity contribution in [2.45, 2.75) is 32.6 Å². The minimum absolute atomic E-state index is 0.101. The second-order valence-electron chi connectivity index (χ2n) is 6.16. The van der Waals surface area contributed by atoms with Gasteiger partial charge in [0.1, 0.15) is 5.82 Å². The van der Waals surface area contributed by atoms with Gasteiger partial charge in [-0.1, -0.05) is 19.1 Å². The van der Waals surface area contributed by atoms with Gasteiger partial charge in [-0.05, 0) is 61.9 Å². The summed E-state index contributed by atoms with van der Waals surface area (Å²) in [5.74, 6) is 0.663. The molecule has 2 atom stereocenters. The number of amides is 1. The maximum atomic E-state index is 13.1. The molecule has 21 heavy (non-hydrogen) atoms. The number of benzene rings is 1. The molecule has 0 bridgehead atoms. The van der Waals surface area contributed by atoms with Gasteiger partial charge in [0.2, 0.25) is 5.91 Å². The molecule has 1 aromatic carbocycles. The molecule has 3 nitrogen and oxygen atoms in total. The number of hydrogen-bond donors (Lipinski definition) is 2. The third-order valence-electron chi connectivity index (χ3n) is 3.99. The van der Waals surface area contributed by atoms with Crippen LogP contribution in [0.4, 0.5) is 4.39 Å². The molecule has 1 amide bonds. The van der Waals surface area contributed by atoms with Crippen LogP contribution in [0, 0.1) is 17.7 Å². The van der Waals surface area contributed by atoms with Crippen LogP contribution in [0.15, 0.2) is 24.3 Å². The Kier molecular flexibility index (Phi) is 6.18. The average molecular weight is 292 g/mol. The van der Waals surface area contributed by atoms with Crippen LogP contribution in [0.1, 0.15) is 31.7 Å². The Bertz CT molecular complexity index is 458. The Labute approximate surface area is 126 Å². The highest BCUT2D eigenvalue weighted by atomic mass is 19.1. The number of hydrogen-bond acceptors (Lipinski definition) is 2. The standard InChI is InChI=1S/C17H25FN2O/c1-13(8-14-4-2-6-16(18)10-14)9-17(21)20-12-15-5-3-7-19-11-15/h2,4,6,10,13,15,19H,3,5,7-9,11-12H2,1H3,(H,20,21). The Morgan fingerprint density at radius 3 is 3.10 bits per heavy atom. The highest BCUT2D eigenvalue weighted by Crippen LogP contribution is 2.13. The Hall–Kier alpha value is -1.42. The van der Waals surface area contributed by atoms with Crippen LogP contribution in [0.5, 0.6) is 0 Å². The van der Waals surface area contributed by atoms with Gasteiger partial charge in [-0.25, -0.2) is 4.39 Å². The van der Waals surface area contributed by atoms with Crippen molar-refractivity contribution >= 4 is 5.91 Å². The summed E-state index contributed by atoms with van der Waals surface area (Å²) in [6, 6.07) is 6.61. The van der Waals surface area contributed by atoms with Crippen LogP contribution < -0.4 is 10.6 Å². The molecule has 1 aromatic rings. The summed E-state index contributed by atoms with van der Waals surface area (Å²) in [4.78, 5) is 11.9. The lowest BCUT2D eigenvalue weighted by atomic mass is 9.97. The first kappa shape index (κ1) is 16.0. The van der Waals surface area contributed by atoms with Crippen LogP contribution >= 0.6 is 0 Å². The molecule has 0 radical (unpaired) electrons. The lowest BCUT2D eigenvalue weighted by Crippen LogP contribution is -2.38. The molecular formula is C17H25FN2O. The van der Waals surface area contributed by atoms with Crippen molar-refractivity contribution in [3.63, 3.8) is 0 Å². The molecule has 1 fully saturated rings. The molecule has 1 aliphatic heterocycles. The van der Waals surface area contributed by atoms with Crippen LogP contribution in [-0.2, 0) is 11.2 Å². The van der Waals surface area contributed by atoms with Gasteiger partial charge >= 0.3 is 0 Å². The smallest absolute Gasteiger partial charge is 0.220 e. The van der Waals surface area contributed by atoms with E-state index in [9.17, 15) is 9.18 Å². The molecule has 116 valence electrons. The van der Waals surface area contributed by atoms with Crippen LogP contribution in [0.25, 0.3) is 0 Å². The largest absolute Gasteiger partial charge is 0.356 e. The van der Waals surface area contributed by atoms with Crippen molar-refractivity contribution in [2.24, 2.45) is 11.8 Å². The molecule has 2 unspecified atom stereocenters. The highest BCUT2D eigenvalue weighted by molar-refractivity contribution is 5.76. The van der Waals surface area contributed by atoms with Crippen LogP contribution in [-0.4, -0.2) is 25.5 Å². The maximum absolute atomic E-state index is 13.1. The van der Waals surface area contributed by atoms with Crippen molar-refractivity contribution in [3.05, 3.63) is 35.6 Å². The van der Waals surface area contributed by atoms with Gasteiger partial charge in [-0.3, -0.25) is 4.79 Å². The summed E-state index contributed by atoms with van der Waals surface area (Å²) in [6.07, 6.45) is 3.61. The minimum Gasteiger partial charge on any atom is -0.356 e. The zero-order valence-corrected chi connectivity index (χ0v) is 12.7. The van der Waals surface area contributed by atoms with E-state index in [4.69, 9.17) is 0 Å². The number of piperidine rings is 1. The minimum atomic E-state index is -0.214. The predicted octanol–water partition coefficient (Wildman–Crippen LogP) is 2.51. The predicted molar refractivity (Wildman–Crippen MR) is 82.5 cm³/mol. The van der Waals surface area contributed by atoms with Gasteiger partial charge in [0.05, 0.1) is 0 Å². The fraction of sp³-hybridized carbons (Fsp3) is 0.588. The number of nitrogens with one attached hydrogen (secondary N) is 2. The second kappa shape index (κ2) is 8.13. The molecule has 2 N–H and O–H groups in total. The number of carbonyl (C=O) groups is 1. The number of carbonyl (C=O) groups excluding carboxylic acids is 1. The average Bonchev–Trinajstić information content (AvgIpc) is 2.46. The van der Waals surface area contributed by atoms with Gasteiger partial charge in [0.15, 0.2) is 0 Å². The fourth-order valence-corrected chi connectivity index (χ4v) is 2.88. The summed E-state index contributed by atoms with van der Waals surface area (Å²) in [5.41, 5.74) is 0.951. The topological polar surface area (TPSA) is 41.1 Å². The van der Waals surface area contributed by atoms with Gasteiger partial charge < -0.3 is 10.6 Å². The molecule has 0 spiro atoms. The number of halogens is 1. The quantitative estimate of drug-likeness (QED) is 0.846. The summed E-state index contributed by atoms with van der Waals surface area (Å²) >= 11 is 0. The van der Waals surface area contributed by atoms with E-state index >= 15 is 0 Å². The SMILES string of the molecule is CC(CC(=O)NCC1CCCNC1)Cc1cccc(F)c1. The molecule has 4 heteroatoms. The molecule has 1 aliphatic rings. The van der Waals surface area contributed by atoms with Crippen LogP contribution in [0.2, 0.25) is 0 Å². The Morgan fingerprint density at radius 2 is 2.38 bits per heavy atom. The molecule has 1 saturated heterocycles. The van der Waals surface area contributed by atoms with Gasteiger partial charge in [0.25, 0.3) is 0 Å². The monoisotopic (exact) mass is 292 g/mol. The summed E-state index contributed by atoms with van der Waals surface area (Å²) in [7, 11) is 0. The summed E-state index contributed by atoms with van der Waals surface area (Å²) in [6.45, 7) is 4.89. The molecular weight excluding hydrogens is 267 g/mol. The fourth-order valence-electron chi connectivity index (χ4n) is 2.88. The molecule has 2 rings (SSSR count). The van der Waals surface area contributed by atoms with E-state index in [2.05, 4.69) is 10.6 Å². The third kappa shape index (κ3) is 5.84. The molecule has 0 aromatic heterocycles. The van der Waals surface area contributed by atoms with Crippen molar-refractivity contribution < 1.29 is 9.18 Å². The van der Waals surface area contributed by atoms with E-state index in [0.29, 0.717) is 12.3 Å². The third-order valence-corrected chi connectivity index (χ3v) is 3.99. The normalized spacial score (nSPS) is 20.0. The van der Waals surface area contributed by atoms with Gasteiger partial charge in [0, 0.05) is 13.0 Å². The zero-order chi connectivity index (χ0) is 15.1. The lowest BCUT2D eigenvalue weighted by molar-refractivity contribution is -0.122. The van der Waals surface area contributed by atoms with Gasteiger partial charge in [-0.15, -0.1) is 0 Å². The van der Waals surface area contributed by atoms with Crippen molar-refractivity contribution in [2.75, 3.05) is 19.6 Å². The van der Waals surface area contributed by atoms with E-state index in [1.807, 2.05) is 13.0 Å².